The second-order valence-electron chi connectivity index (χ2n) is 10.1. The van der Waals surface area contributed by atoms with Crippen molar-refractivity contribution in [3.8, 4) is 11.3 Å². The summed E-state index contributed by atoms with van der Waals surface area (Å²) in [7, 11) is 0. The summed E-state index contributed by atoms with van der Waals surface area (Å²) in [6.07, 6.45) is -2.30. The van der Waals surface area contributed by atoms with Crippen LogP contribution in [0.15, 0.2) is 88.5 Å². The number of para-hydroxylation sites is 1. The highest BCUT2D eigenvalue weighted by molar-refractivity contribution is 5.94. The fourth-order valence-electron chi connectivity index (χ4n) is 4.28. The van der Waals surface area contributed by atoms with Crippen molar-refractivity contribution in [2.75, 3.05) is 5.32 Å². The van der Waals surface area contributed by atoms with Crippen molar-refractivity contribution in [2.24, 2.45) is 0 Å². The first-order chi connectivity index (χ1) is 20.5. The summed E-state index contributed by atoms with van der Waals surface area (Å²) in [4.78, 5) is 28.3. The maximum absolute atomic E-state index is 13.1. The zero-order valence-corrected chi connectivity index (χ0v) is 23.5. The molecule has 2 aromatic carbocycles. The molecule has 0 amide bonds. The topological polar surface area (TPSA) is 117 Å². The molecule has 5 rings (SSSR count). The van der Waals surface area contributed by atoms with Crippen LogP contribution < -0.4 is 10.7 Å². The fourth-order valence-corrected chi connectivity index (χ4v) is 4.28. The van der Waals surface area contributed by atoms with Crippen LogP contribution in [-0.2, 0) is 6.18 Å². The van der Waals surface area contributed by atoms with Crippen molar-refractivity contribution in [1.29, 1.82) is 0 Å². The van der Waals surface area contributed by atoms with Crippen LogP contribution >= 0.6 is 0 Å². The summed E-state index contributed by atoms with van der Waals surface area (Å²) in [5.74, 6) is -5.14. The number of rotatable bonds is 6. The maximum Gasteiger partial charge on any atom is 0.434 e. The molecule has 3 heterocycles. The Morgan fingerprint density at radius 3 is 2.32 bits per heavy atom. The van der Waals surface area contributed by atoms with Crippen molar-refractivity contribution in [2.45, 2.75) is 38.9 Å². The van der Waals surface area contributed by atoms with E-state index in [9.17, 15) is 36.6 Å². The number of aliphatic hydroxyl groups excluding tert-OH is 1. The number of pyridine rings is 1. The van der Waals surface area contributed by atoms with Crippen LogP contribution in [0.25, 0.3) is 27.9 Å². The number of aromatic carboxylic acids is 1. The number of hydrogen-bond donors (Lipinski definition) is 3. The quantitative estimate of drug-likeness (QED) is 0.131. The van der Waals surface area contributed by atoms with E-state index in [4.69, 9.17) is 9.52 Å². The highest BCUT2D eigenvalue weighted by Gasteiger charge is 2.34. The van der Waals surface area contributed by atoms with Gasteiger partial charge in [-0.25, -0.2) is 9.78 Å². The Bertz CT molecular complexity index is 1940. The van der Waals surface area contributed by atoms with Gasteiger partial charge in [-0.05, 0) is 49.7 Å². The van der Waals surface area contributed by atoms with E-state index in [0.717, 1.165) is 11.8 Å². The lowest BCUT2D eigenvalue weighted by molar-refractivity contribution is -0.140. The molecule has 0 aliphatic carbocycles. The number of halogens is 5. The molecule has 0 spiro atoms. The van der Waals surface area contributed by atoms with E-state index >= 15 is 0 Å². The molecular weight excluding hydrogens is 589 g/mol. The number of benzene rings is 2. The molecule has 8 nitrogen and oxygen atoms in total. The first-order valence-electron chi connectivity index (χ1n) is 13.0. The molecule has 0 bridgehead atoms. The van der Waals surface area contributed by atoms with E-state index in [1.807, 2.05) is 19.9 Å². The average molecular weight is 616 g/mol. The predicted molar refractivity (Wildman–Crippen MR) is 154 cm³/mol. The number of aliphatic hydroxyl groups is 1. The van der Waals surface area contributed by atoms with Gasteiger partial charge in [-0.3, -0.25) is 4.79 Å². The van der Waals surface area contributed by atoms with Gasteiger partial charge in [-0.2, -0.15) is 22.0 Å². The molecule has 0 aliphatic rings. The van der Waals surface area contributed by atoms with Gasteiger partial charge in [-0.1, -0.05) is 24.8 Å². The number of allylic oxidation sites excluding steroid dienone is 1. The van der Waals surface area contributed by atoms with Gasteiger partial charge < -0.3 is 24.3 Å². The van der Waals surface area contributed by atoms with Gasteiger partial charge in [0.2, 0.25) is 0 Å². The number of nitrogens with zero attached hydrogens (tertiary/aromatic N) is 2. The molecule has 0 saturated heterocycles. The van der Waals surface area contributed by atoms with Gasteiger partial charge in [-0.15, -0.1) is 0 Å². The highest BCUT2D eigenvalue weighted by atomic mass is 19.4. The van der Waals surface area contributed by atoms with Crippen molar-refractivity contribution in [3.63, 3.8) is 0 Å². The molecule has 5 aromatic rings. The summed E-state index contributed by atoms with van der Waals surface area (Å²) < 4.78 is 69.6. The number of nitrogens with one attached hydrogen (secondary N) is 1. The Morgan fingerprint density at radius 1 is 1.05 bits per heavy atom. The first kappa shape index (κ1) is 31.7. The van der Waals surface area contributed by atoms with E-state index < -0.39 is 35.6 Å². The van der Waals surface area contributed by atoms with Crippen LogP contribution in [0.4, 0.5) is 27.6 Å². The maximum atomic E-state index is 13.1. The molecule has 0 aliphatic heterocycles. The van der Waals surface area contributed by atoms with Gasteiger partial charge in [0, 0.05) is 42.2 Å². The third kappa shape index (κ3) is 6.88. The summed E-state index contributed by atoms with van der Waals surface area (Å²) in [6, 6.07) is 13.8. The Labute approximate surface area is 246 Å². The number of carboxylic acids is 1. The zero-order chi connectivity index (χ0) is 32.6. The minimum atomic E-state index is -4.59. The molecule has 1 unspecified atom stereocenters. The van der Waals surface area contributed by atoms with E-state index in [-0.39, 0.29) is 22.4 Å². The number of aromatic nitrogens is 2. The van der Waals surface area contributed by atoms with Crippen LogP contribution in [0.1, 0.15) is 47.1 Å². The van der Waals surface area contributed by atoms with Crippen LogP contribution in [-0.4, -0.2) is 31.5 Å². The molecule has 44 heavy (non-hydrogen) atoms. The molecule has 3 aromatic heterocycles. The first-order valence-corrected chi connectivity index (χ1v) is 13.0. The number of aryl methyl sites for hydroxylation is 1. The number of alkyl halides is 5. The van der Waals surface area contributed by atoms with E-state index in [0.29, 0.717) is 34.7 Å². The van der Waals surface area contributed by atoms with E-state index in [1.54, 1.807) is 24.3 Å². The molecule has 230 valence electrons. The van der Waals surface area contributed by atoms with E-state index in [2.05, 4.69) is 16.9 Å². The summed E-state index contributed by atoms with van der Waals surface area (Å²) in [6.45, 7) is 6.86. The standard InChI is InChI=1S/C27H20F3N3O4.C4H6F2O/c1-14-9-18(15(2)31-20-6-4-3-5-17(20)26(35)36)25-19(10-14)21(34)11-22(37-25)16-7-8-24-32-23(27(28,29)30)13-33(24)12-16;1-3(7)4(2,5)6/h3-13,15,31H,1-2H3,(H,35,36);7H,1H2,2H3. The number of carbonyl (C=O) groups is 1. The Hall–Kier alpha value is -5.20. The molecule has 0 saturated carbocycles. The van der Waals surface area contributed by atoms with Gasteiger partial charge in [0.1, 0.15) is 17.0 Å². The molecule has 0 fully saturated rings. The predicted octanol–water partition coefficient (Wildman–Crippen LogP) is 8.02. The molecule has 13 heteroatoms. The molecular formula is C31H26F5N3O5. The lowest BCUT2D eigenvalue weighted by Gasteiger charge is -2.19. The number of fused-ring (bicyclic) bond motifs is 2. The Kier molecular flexibility index (Phi) is 8.53. The number of imidazole rings is 1. The second-order valence-corrected chi connectivity index (χ2v) is 10.1. The summed E-state index contributed by atoms with van der Waals surface area (Å²) in [5, 5.41) is 21.0. The van der Waals surface area contributed by atoms with Crippen molar-refractivity contribution >= 4 is 28.3 Å². The Balaban J connectivity index is 0.000000566. The monoisotopic (exact) mass is 615 g/mol. The van der Waals surface area contributed by atoms with Gasteiger partial charge in [0.25, 0.3) is 5.92 Å². The summed E-state index contributed by atoms with van der Waals surface area (Å²) >= 11 is 0. The normalized spacial score (nSPS) is 12.5. The third-order valence-electron chi connectivity index (χ3n) is 6.53. The fraction of sp³-hybridized carbons (Fsp3) is 0.194. The highest BCUT2D eigenvalue weighted by Crippen LogP contribution is 2.32. The number of hydrogen-bond acceptors (Lipinski definition) is 6. The zero-order valence-electron chi connectivity index (χ0n) is 23.5. The van der Waals surface area contributed by atoms with Crippen LogP contribution in [0, 0.1) is 6.92 Å². The molecule has 3 N–H and O–H groups in total. The van der Waals surface area contributed by atoms with Crippen molar-refractivity contribution < 1.29 is 41.4 Å². The number of anilines is 1. The largest absolute Gasteiger partial charge is 0.507 e. The van der Waals surface area contributed by atoms with Crippen LogP contribution in [0.2, 0.25) is 0 Å². The second kappa shape index (κ2) is 11.8. The van der Waals surface area contributed by atoms with Gasteiger partial charge in [0.15, 0.2) is 16.9 Å². The van der Waals surface area contributed by atoms with Crippen LogP contribution in [0.5, 0.6) is 0 Å². The minimum absolute atomic E-state index is 0.0975. The van der Waals surface area contributed by atoms with E-state index in [1.165, 1.54) is 34.9 Å². The molecule has 0 radical (unpaired) electrons. The average Bonchev–Trinajstić information content (AvgIpc) is 3.37. The lowest BCUT2D eigenvalue weighted by atomic mass is 10.00. The SMILES string of the molecule is C=C(O)C(C)(F)F.Cc1cc(C(C)Nc2ccccc2C(=O)O)c2oc(-c3ccc4nc(C(F)(F)F)cn4c3)cc(=O)c2c1. The van der Waals surface area contributed by atoms with Gasteiger partial charge >= 0.3 is 12.1 Å². The lowest BCUT2D eigenvalue weighted by Crippen LogP contribution is -2.12. The minimum Gasteiger partial charge on any atom is -0.507 e. The van der Waals surface area contributed by atoms with Crippen molar-refractivity contribution in [1.82, 2.24) is 9.38 Å². The van der Waals surface area contributed by atoms with Crippen LogP contribution in [0.3, 0.4) is 0 Å². The number of carboxylic acid groups (broad SMARTS) is 1. The third-order valence-corrected chi connectivity index (χ3v) is 6.53. The van der Waals surface area contributed by atoms with Gasteiger partial charge in [0.05, 0.1) is 17.0 Å². The molecule has 1 atom stereocenters. The summed E-state index contributed by atoms with van der Waals surface area (Å²) in [5.41, 5.74) is 1.38. The smallest absolute Gasteiger partial charge is 0.434 e. The van der Waals surface area contributed by atoms with Crippen molar-refractivity contribution in [3.05, 3.63) is 112 Å². The Morgan fingerprint density at radius 2 is 1.70 bits per heavy atom.